The highest BCUT2D eigenvalue weighted by molar-refractivity contribution is 5.90. The SMILES string of the molecule is O=C(Cc1cn(-c2ccc(Nc3ccc(C(F)(F)F)cc3)nn2)c2ccccc12)NC1CCN(Cc2ccccc2)CC1. The molecule has 0 bridgehead atoms. The van der Waals surface area contributed by atoms with Gasteiger partial charge in [0.25, 0.3) is 0 Å². The summed E-state index contributed by atoms with van der Waals surface area (Å²) in [5, 5.41) is 15.7. The Morgan fingerprint density at radius 1 is 0.860 bits per heavy atom. The molecule has 10 heteroatoms. The molecule has 1 aliphatic rings. The minimum absolute atomic E-state index is 0.00779. The van der Waals surface area contributed by atoms with Crippen LogP contribution in [0.2, 0.25) is 0 Å². The summed E-state index contributed by atoms with van der Waals surface area (Å²) < 4.78 is 40.4. The van der Waals surface area contributed by atoms with Crippen LogP contribution >= 0.6 is 0 Å². The lowest BCUT2D eigenvalue weighted by Crippen LogP contribution is -2.44. The maximum atomic E-state index is 13.1. The van der Waals surface area contributed by atoms with Crippen molar-refractivity contribution in [2.45, 2.75) is 38.0 Å². The maximum absolute atomic E-state index is 13.1. The van der Waals surface area contributed by atoms with Gasteiger partial charge in [-0.3, -0.25) is 14.3 Å². The second kappa shape index (κ2) is 12.3. The topological polar surface area (TPSA) is 75.1 Å². The Kier molecular flexibility index (Phi) is 8.11. The second-order valence-corrected chi connectivity index (χ2v) is 10.8. The molecule has 43 heavy (non-hydrogen) atoms. The molecule has 0 spiro atoms. The third-order valence-corrected chi connectivity index (χ3v) is 7.73. The number of amides is 1. The van der Waals surface area contributed by atoms with Crippen LogP contribution < -0.4 is 10.6 Å². The van der Waals surface area contributed by atoms with E-state index >= 15 is 0 Å². The normalized spacial score (nSPS) is 14.6. The van der Waals surface area contributed by atoms with E-state index in [1.54, 1.807) is 12.1 Å². The van der Waals surface area contributed by atoms with Gasteiger partial charge in [0.1, 0.15) is 0 Å². The van der Waals surface area contributed by atoms with Crippen molar-refractivity contribution < 1.29 is 18.0 Å². The summed E-state index contributed by atoms with van der Waals surface area (Å²) in [5.41, 5.74) is 2.85. The van der Waals surface area contributed by atoms with Gasteiger partial charge in [-0.25, -0.2) is 0 Å². The van der Waals surface area contributed by atoms with Crippen LogP contribution in [0.3, 0.4) is 0 Å². The average Bonchev–Trinajstić information content (AvgIpc) is 3.37. The monoisotopic (exact) mass is 584 g/mol. The van der Waals surface area contributed by atoms with Gasteiger partial charge in [-0.2, -0.15) is 13.2 Å². The molecular formula is C33H31F3N6O. The number of hydrogen-bond donors (Lipinski definition) is 2. The Bertz CT molecular complexity index is 1680. The van der Waals surface area contributed by atoms with Crippen LogP contribution in [0.15, 0.2) is 97.2 Å². The van der Waals surface area contributed by atoms with E-state index in [9.17, 15) is 18.0 Å². The number of aromatic nitrogens is 3. The average molecular weight is 585 g/mol. The number of rotatable bonds is 8. The predicted octanol–water partition coefficient (Wildman–Crippen LogP) is 6.51. The molecule has 0 aliphatic carbocycles. The predicted molar refractivity (Wildman–Crippen MR) is 160 cm³/mol. The number of likely N-dealkylation sites (tertiary alicyclic amines) is 1. The number of anilines is 2. The zero-order valence-electron chi connectivity index (χ0n) is 23.4. The van der Waals surface area contributed by atoms with E-state index in [0.717, 1.165) is 61.1 Å². The van der Waals surface area contributed by atoms with Gasteiger partial charge in [0.15, 0.2) is 11.6 Å². The molecule has 2 N–H and O–H groups in total. The van der Waals surface area contributed by atoms with Gasteiger partial charge in [0.2, 0.25) is 5.91 Å². The lowest BCUT2D eigenvalue weighted by Gasteiger charge is -2.32. The Morgan fingerprint density at radius 2 is 1.58 bits per heavy atom. The lowest BCUT2D eigenvalue weighted by molar-refractivity contribution is -0.137. The van der Waals surface area contributed by atoms with E-state index in [2.05, 4.69) is 50.0 Å². The van der Waals surface area contributed by atoms with Gasteiger partial charge in [-0.05, 0) is 66.4 Å². The van der Waals surface area contributed by atoms with Crippen LogP contribution in [0, 0.1) is 0 Å². The highest BCUT2D eigenvalue weighted by Crippen LogP contribution is 2.30. The van der Waals surface area contributed by atoms with Gasteiger partial charge in [-0.1, -0.05) is 48.5 Å². The van der Waals surface area contributed by atoms with Gasteiger partial charge in [0, 0.05) is 42.9 Å². The number of para-hydroxylation sites is 1. The molecule has 2 aromatic heterocycles. The number of carbonyl (C=O) groups excluding carboxylic acids is 1. The van der Waals surface area contributed by atoms with E-state index in [4.69, 9.17) is 0 Å². The first-order valence-corrected chi connectivity index (χ1v) is 14.2. The number of nitrogens with zero attached hydrogens (tertiary/aromatic N) is 4. The summed E-state index contributed by atoms with van der Waals surface area (Å²) in [7, 11) is 0. The third-order valence-electron chi connectivity index (χ3n) is 7.73. The van der Waals surface area contributed by atoms with E-state index in [-0.39, 0.29) is 18.4 Å². The largest absolute Gasteiger partial charge is 0.416 e. The smallest absolute Gasteiger partial charge is 0.353 e. The van der Waals surface area contributed by atoms with Crippen LogP contribution in [0.25, 0.3) is 16.7 Å². The Labute approximate surface area is 247 Å². The molecule has 0 atom stereocenters. The van der Waals surface area contributed by atoms with E-state index < -0.39 is 11.7 Å². The molecule has 7 nitrogen and oxygen atoms in total. The van der Waals surface area contributed by atoms with Gasteiger partial charge >= 0.3 is 6.18 Å². The number of fused-ring (bicyclic) bond motifs is 1. The molecule has 5 aromatic rings. The highest BCUT2D eigenvalue weighted by atomic mass is 19.4. The molecule has 220 valence electrons. The van der Waals surface area contributed by atoms with E-state index in [1.807, 2.05) is 41.1 Å². The van der Waals surface area contributed by atoms with Crippen LogP contribution in [-0.2, 0) is 23.9 Å². The molecule has 1 saturated heterocycles. The minimum atomic E-state index is -4.39. The van der Waals surface area contributed by atoms with Crippen molar-refractivity contribution in [1.29, 1.82) is 0 Å². The van der Waals surface area contributed by atoms with Crippen molar-refractivity contribution in [2.24, 2.45) is 0 Å². The molecule has 1 fully saturated rings. The first-order valence-electron chi connectivity index (χ1n) is 14.2. The zero-order chi connectivity index (χ0) is 29.8. The third kappa shape index (κ3) is 6.86. The van der Waals surface area contributed by atoms with E-state index in [1.165, 1.54) is 17.7 Å². The van der Waals surface area contributed by atoms with Crippen LogP contribution in [0.5, 0.6) is 0 Å². The Hall–Kier alpha value is -4.70. The molecule has 6 rings (SSSR count). The highest BCUT2D eigenvalue weighted by Gasteiger charge is 2.30. The summed E-state index contributed by atoms with van der Waals surface area (Å²) in [6.07, 6.45) is -0.385. The molecule has 0 unspecified atom stereocenters. The second-order valence-electron chi connectivity index (χ2n) is 10.8. The lowest BCUT2D eigenvalue weighted by atomic mass is 10.0. The molecular weight excluding hydrogens is 553 g/mol. The van der Waals surface area contributed by atoms with Crippen LogP contribution in [0.1, 0.15) is 29.5 Å². The first kappa shape index (κ1) is 28.4. The summed E-state index contributed by atoms with van der Waals surface area (Å²) in [4.78, 5) is 15.5. The van der Waals surface area contributed by atoms with Crippen molar-refractivity contribution in [1.82, 2.24) is 25.0 Å². The summed E-state index contributed by atoms with van der Waals surface area (Å²) in [6.45, 7) is 2.82. The van der Waals surface area contributed by atoms with Gasteiger partial charge < -0.3 is 10.6 Å². The van der Waals surface area contributed by atoms with Gasteiger partial charge in [0.05, 0.1) is 17.5 Å². The van der Waals surface area contributed by atoms with Gasteiger partial charge in [-0.15, -0.1) is 10.2 Å². The van der Waals surface area contributed by atoms with Crippen molar-refractivity contribution in [2.75, 3.05) is 18.4 Å². The first-order chi connectivity index (χ1) is 20.8. The van der Waals surface area contributed by atoms with E-state index in [0.29, 0.717) is 17.3 Å². The van der Waals surface area contributed by atoms with Crippen molar-refractivity contribution in [3.63, 3.8) is 0 Å². The number of piperidine rings is 1. The van der Waals surface area contributed by atoms with Crippen molar-refractivity contribution in [3.05, 3.63) is 114 Å². The molecule has 1 aliphatic heterocycles. The number of carbonyl (C=O) groups is 1. The fourth-order valence-electron chi connectivity index (χ4n) is 5.52. The summed E-state index contributed by atoms with van der Waals surface area (Å²) in [5.74, 6) is 0.951. The van der Waals surface area contributed by atoms with Crippen molar-refractivity contribution >= 4 is 28.3 Å². The molecule has 0 radical (unpaired) electrons. The standard InChI is InChI=1S/C33H31F3N6O/c34-33(35,36)25-10-12-26(13-11-25)37-30-14-15-31(40-39-30)42-22-24(28-8-4-5-9-29(28)42)20-32(43)38-27-16-18-41(19-17-27)21-23-6-2-1-3-7-23/h1-15,22,27H,16-21H2,(H,37,39)(H,38,43). The molecule has 1 amide bonds. The number of halogens is 3. The quantitative estimate of drug-likeness (QED) is 0.218. The molecule has 3 heterocycles. The minimum Gasteiger partial charge on any atom is -0.353 e. The fourth-order valence-corrected chi connectivity index (χ4v) is 5.52. The molecule has 0 saturated carbocycles. The fraction of sp³-hybridized carbons (Fsp3) is 0.242. The Morgan fingerprint density at radius 3 is 2.28 bits per heavy atom. The van der Waals surface area contributed by atoms with Crippen LogP contribution in [0.4, 0.5) is 24.7 Å². The summed E-state index contributed by atoms with van der Waals surface area (Å²) >= 11 is 0. The zero-order valence-corrected chi connectivity index (χ0v) is 23.4. The van der Waals surface area contributed by atoms with Crippen LogP contribution in [-0.4, -0.2) is 44.7 Å². The van der Waals surface area contributed by atoms with Crippen molar-refractivity contribution in [3.8, 4) is 5.82 Å². The maximum Gasteiger partial charge on any atom is 0.416 e. The number of alkyl halides is 3. The number of nitrogens with one attached hydrogen (secondary N) is 2. The summed E-state index contributed by atoms with van der Waals surface area (Å²) in [6, 6.07) is 26.6. The molecule has 3 aromatic carbocycles. The Balaban J connectivity index is 1.09. The number of benzene rings is 3. The number of hydrogen-bond acceptors (Lipinski definition) is 5.